The number of likely N-dealkylation sites (N-methyl/N-ethyl adjacent to an activating group) is 1. The van der Waals surface area contributed by atoms with Gasteiger partial charge in [-0.3, -0.25) is 9.78 Å². The highest BCUT2D eigenvalue weighted by Crippen LogP contribution is 2.29. The van der Waals surface area contributed by atoms with Gasteiger partial charge in [0, 0.05) is 36.0 Å². The first kappa shape index (κ1) is 18.7. The molecule has 0 spiro atoms. The first-order valence-electron chi connectivity index (χ1n) is 8.67. The number of carbonyl (C=O) groups is 1. The van der Waals surface area contributed by atoms with Gasteiger partial charge in [-0.2, -0.15) is 0 Å². The van der Waals surface area contributed by atoms with Crippen molar-refractivity contribution in [3.8, 4) is 11.5 Å². The molecule has 1 N–H and O–H groups in total. The van der Waals surface area contributed by atoms with Gasteiger partial charge in [-0.05, 0) is 55.9 Å². The molecule has 0 saturated carbocycles. The van der Waals surface area contributed by atoms with Crippen LogP contribution in [0.1, 0.15) is 10.4 Å². The summed E-state index contributed by atoms with van der Waals surface area (Å²) in [5.74, 6) is 1.21. The molecule has 0 aliphatic carbocycles. The molecule has 27 heavy (non-hydrogen) atoms. The highest BCUT2D eigenvalue weighted by Gasteiger charge is 2.11. The molecule has 0 unspecified atom stereocenters. The molecule has 3 rings (SSSR count). The van der Waals surface area contributed by atoms with E-state index >= 15 is 0 Å². The van der Waals surface area contributed by atoms with E-state index < -0.39 is 0 Å². The minimum Gasteiger partial charge on any atom is -0.497 e. The Morgan fingerprint density at radius 2 is 1.89 bits per heavy atom. The molecule has 1 aromatic heterocycles. The quantitative estimate of drug-likeness (QED) is 0.695. The Bertz CT molecular complexity index is 924. The highest BCUT2D eigenvalue weighted by molar-refractivity contribution is 6.09. The molecular formula is C21H23N3O3. The maximum Gasteiger partial charge on any atom is 0.255 e. The molecule has 0 radical (unpaired) electrons. The smallest absolute Gasteiger partial charge is 0.255 e. The number of benzene rings is 2. The number of nitrogens with one attached hydrogen (secondary N) is 1. The van der Waals surface area contributed by atoms with Crippen molar-refractivity contribution in [3.63, 3.8) is 0 Å². The summed E-state index contributed by atoms with van der Waals surface area (Å²) in [4.78, 5) is 18.9. The van der Waals surface area contributed by atoms with Crippen LogP contribution in [0.15, 0.2) is 54.9 Å². The lowest BCUT2D eigenvalue weighted by Crippen LogP contribution is -2.19. The van der Waals surface area contributed by atoms with Gasteiger partial charge >= 0.3 is 0 Å². The summed E-state index contributed by atoms with van der Waals surface area (Å²) in [6, 6.07) is 12.7. The van der Waals surface area contributed by atoms with Crippen molar-refractivity contribution in [2.45, 2.75) is 0 Å². The lowest BCUT2D eigenvalue weighted by molar-refractivity contribution is 0.102. The second-order valence-corrected chi connectivity index (χ2v) is 6.40. The van der Waals surface area contributed by atoms with Gasteiger partial charge in [0.2, 0.25) is 0 Å². The Hall–Kier alpha value is -3.12. The van der Waals surface area contributed by atoms with Gasteiger partial charge < -0.3 is 19.7 Å². The monoisotopic (exact) mass is 365 g/mol. The van der Waals surface area contributed by atoms with E-state index in [4.69, 9.17) is 9.47 Å². The van der Waals surface area contributed by atoms with Crippen molar-refractivity contribution in [3.05, 3.63) is 60.4 Å². The summed E-state index contributed by atoms with van der Waals surface area (Å²) in [5, 5.41) is 4.75. The molecule has 140 valence electrons. The number of ether oxygens (including phenoxy) is 2. The van der Waals surface area contributed by atoms with Crippen LogP contribution in [0.2, 0.25) is 0 Å². The third-order valence-electron chi connectivity index (χ3n) is 4.14. The number of aromatic nitrogens is 1. The minimum atomic E-state index is -0.201. The van der Waals surface area contributed by atoms with Crippen molar-refractivity contribution < 1.29 is 14.3 Å². The zero-order valence-electron chi connectivity index (χ0n) is 15.7. The van der Waals surface area contributed by atoms with Crippen LogP contribution in [0.5, 0.6) is 11.5 Å². The molecule has 6 heteroatoms. The Kier molecular flexibility index (Phi) is 5.88. The van der Waals surface area contributed by atoms with Gasteiger partial charge in [-0.15, -0.1) is 0 Å². The molecule has 2 aromatic carbocycles. The fourth-order valence-electron chi connectivity index (χ4n) is 2.64. The van der Waals surface area contributed by atoms with Gasteiger partial charge in [0.15, 0.2) is 0 Å². The SMILES string of the molecule is COc1cc(NC(=O)c2ccc(OCCN(C)C)cc2)c2cnccc2c1. The largest absolute Gasteiger partial charge is 0.497 e. The molecule has 0 saturated heterocycles. The fraction of sp³-hybridized carbons (Fsp3) is 0.238. The lowest BCUT2D eigenvalue weighted by atomic mass is 10.1. The zero-order chi connectivity index (χ0) is 19.2. The predicted octanol–water partition coefficient (Wildman–Crippen LogP) is 3.44. The average Bonchev–Trinajstić information content (AvgIpc) is 2.68. The van der Waals surface area contributed by atoms with E-state index in [1.165, 1.54) is 0 Å². The number of fused-ring (bicyclic) bond motifs is 1. The summed E-state index contributed by atoms with van der Waals surface area (Å²) < 4.78 is 11.0. The second-order valence-electron chi connectivity index (χ2n) is 6.40. The number of anilines is 1. The summed E-state index contributed by atoms with van der Waals surface area (Å²) in [7, 11) is 5.59. The molecule has 1 amide bonds. The number of carbonyl (C=O) groups excluding carboxylic acids is 1. The van der Waals surface area contributed by atoms with E-state index in [0.717, 1.165) is 23.1 Å². The topological polar surface area (TPSA) is 63.7 Å². The van der Waals surface area contributed by atoms with Gasteiger partial charge in [0.05, 0.1) is 12.8 Å². The van der Waals surface area contributed by atoms with Crippen molar-refractivity contribution >= 4 is 22.4 Å². The normalized spacial score (nSPS) is 10.8. The Morgan fingerprint density at radius 1 is 1.11 bits per heavy atom. The molecule has 0 aliphatic heterocycles. The maximum atomic E-state index is 12.7. The second kappa shape index (κ2) is 8.51. The summed E-state index contributed by atoms with van der Waals surface area (Å²) in [6.07, 6.45) is 3.44. The van der Waals surface area contributed by atoms with Crippen LogP contribution < -0.4 is 14.8 Å². The number of nitrogens with zero attached hydrogens (tertiary/aromatic N) is 2. The van der Waals surface area contributed by atoms with E-state index in [0.29, 0.717) is 23.6 Å². The van der Waals surface area contributed by atoms with Gasteiger partial charge in [0.25, 0.3) is 5.91 Å². The van der Waals surface area contributed by atoms with Crippen LogP contribution in [0, 0.1) is 0 Å². The first-order valence-corrected chi connectivity index (χ1v) is 8.67. The number of amides is 1. The van der Waals surface area contributed by atoms with Gasteiger partial charge in [-0.25, -0.2) is 0 Å². The lowest BCUT2D eigenvalue weighted by Gasteiger charge is -2.12. The summed E-state index contributed by atoms with van der Waals surface area (Å²) in [6.45, 7) is 1.43. The van der Waals surface area contributed by atoms with Gasteiger partial charge in [-0.1, -0.05) is 0 Å². The number of pyridine rings is 1. The van der Waals surface area contributed by atoms with E-state index in [9.17, 15) is 4.79 Å². The number of methoxy groups -OCH3 is 1. The number of hydrogen-bond donors (Lipinski definition) is 1. The molecule has 6 nitrogen and oxygen atoms in total. The predicted molar refractivity (Wildman–Crippen MR) is 107 cm³/mol. The fourth-order valence-corrected chi connectivity index (χ4v) is 2.64. The maximum absolute atomic E-state index is 12.7. The Balaban J connectivity index is 1.74. The molecule has 0 atom stereocenters. The van der Waals surface area contributed by atoms with Crippen LogP contribution in [0.25, 0.3) is 10.8 Å². The average molecular weight is 365 g/mol. The van der Waals surface area contributed by atoms with Crippen LogP contribution in [-0.4, -0.2) is 50.1 Å². The van der Waals surface area contributed by atoms with Crippen molar-refractivity contribution in [1.82, 2.24) is 9.88 Å². The van der Waals surface area contributed by atoms with E-state index in [-0.39, 0.29) is 5.91 Å². The molecule has 3 aromatic rings. The molecule has 0 aliphatic rings. The van der Waals surface area contributed by atoms with Crippen molar-refractivity contribution in [1.29, 1.82) is 0 Å². The molecule has 1 heterocycles. The van der Waals surface area contributed by atoms with Gasteiger partial charge in [0.1, 0.15) is 18.1 Å². The van der Waals surface area contributed by atoms with E-state index in [1.807, 2.05) is 26.2 Å². The Labute approximate surface area is 158 Å². The number of hydrogen-bond acceptors (Lipinski definition) is 5. The summed E-state index contributed by atoms with van der Waals surface area (Å²) in [5.41, 5.74) is 1.21. The van der Waals surface area contributed by atoms with Crippen molar-refractivity contribution in [2.75, 3.05) is 39.7 Å². The van der Waals surface area contributed by atoms with E-state index in [2.05, 4.69) is 15.2 Å². The minimum absolute atomic E-state index is 0.201. The number of rotatable bonds is 7. The summed E-state index contributed by atoms with van der Waals surface area (Å²) >= 11 is 0. The third kappa shape index (κ3) is 4.74. The Morgan fingerprint density at radius 3 is 2.59 bits per heavy atom. The zero-order valence-corrected chi connectivity index (χ0v) is 15.7. The molecule has 0 fully saturated rings. The van der Waals surface area contributed by atoms with Crippen LogP contribution in [-0.2, 0) is 0 Å². The first-order chi connectivity index (χ1) is 13.1. The molecule has 0 bridgehead atoms. The van der Waals surface area contributed by atoms with Crippen LogP contribution in [0.4, 0.5) is 5.69 Å². The molecular weight excluding hydrogens is 342 g/mol. The van der Waals surface area contributed by atoms with Crippen molar-refractivity contribution in [2.24, 2.45) is 0 Å². The third-order valence-corrected chi connectivity index (χ3v) is 4.14. The van der Waals surface area contributed by atoms with Crippen LogP contribution >= 0.6 is 0 Å². The van der Waals surface area contributed by atoms with E-state index in [1.54, 1.807) is 49.8 Å². The highest BCUT2D eigenvalue weighted by atomic mass is 16.5. The standard InChI is InChI=1S/C21H23N3O3/c1-24(2)10-11-27-17-6-4-15(5-7-17)21(25)23-20-13-18(26-3)12-16-8-9-22-14-19(16)20/h4-9,12-14H,10-11H2,1-3H3,(H,23,25). The van der Waals surface area contributed by atoms with Crippen LogP contribution in [0.3, 0.4) is 0 Å².